The SMILES string of the molecule is Cc1cc(I)ccc1N=Cc1cc(C)n(-c2ccc(Cl)cc2)c1C. The van der Waals surface area contributed by atoms with Crippen LogP contribution in [0.2, 0.25) is 5.02 Å². The fourth-order valence-corrected chi connectivity index (χ4v) is 3.58. The highest BCUT2D eigenvalue weighted by molar-refractivity contribution is 14.1. The zero-order chi connectivity index (χ0) is 17.3. The third-order valence-electron chi connectivity index (χ3n) is 4.06. The Labute approximate surface area is 161 Å². The molecule has 4 heteroatoms. The number of aromatic nitrogens is 1. The van der Waals surface area contributed by atoms with Crippen LogP contribution in [0.15, 0.2) is 53.5 Å². The van der Waals surface area contributed by atoms with Gasteiger partial charge in [0.2, 0.25) is 0 Å². The number of halogens is 2. The molecule has 2 aromatic carbocycles. The largest absolute Gasteiger partial charge is 0.318 e. The van der Waals surface area contributed by atoms with E-state index in [0.717, 1.165) is 22.0 Å². The van der Waals surface area contributed by atoms with Crippen LogP contribution < -0.4 is 0 Å². The number of hydrogen-bond donors (Lipinski definition) is 0. The highest BCUT2D eigenvalue weighted by Gasteiger charge is 2.09. The highest BCUT2D eigenvalue weighted by atomic mass is 127. The van der Waals surface area contributed by atoms with Gasteiger partial charge in [0.25, 0.3) is 0 Å². The minimum atomic E-state index is 0.747. The van der Waals surface area contributed by atoms with E-state index in [2.05, 4.69) is 77.2 Å². The molecule has 3 rings (SSSR count). The predicted octanol–water partition coefficient (Wildman–Crippen LogP) is 6.41. The summed E-state index contributed by atoms with van der Waals surface area (Å²) in [6.07, 6.45) is 1.95. The van der Waals surface area contributed by atoms with Gasteiger partial charge in [0.1, 0.15) is 0 Å². The number of benzene rings is 2. The van der Waals surface area contributed by atoms with Crippen LogP contribution in [-0.4, -0.2) is 10.8 Å². The van der Waals surface area contributed by atoms with Crippen molar-refractivity contribution in [1.29, 1.82) is 0 Å². The lowest BCUT2D eigenvalue weighted by Crippen LogP contribution is -1.99. The third kappa shape index (κ3) is 3.57. The molecule has 122 valence electrons. The molecule has 0 spiro atoms. The molecule has 0 saturated carbocycles. The van der Waals surface area contributed by atoms with Crippen molar-refractivity contribution < 1.29 is 0 Å². The Kier molecular flexibility index (Phi) is 5.11. The first-order valence-corrected chi connectivity index (χ1v) is 9.16. The summed E-state index contributed by atoms with van der Waals surface area (Å²) in [5.41, 5.74) is 6.77. The Morgan fingerprint density at radius 3 is 2.38 bits per heavy atom. The van der Waals surface area contributed by atoms with E-state index >= 15 is 0 Å². The molecule has 0 saturated heterocycles. The zero-order valence-corrected chi connectivity index (χ0v) is 16.8. The maximum atomic E-state index is 6.00. The average molecular weight is 449 g/mol. The van der Waals surface area contributed by atoms with Crippen molar-refractivity contribution in [2.45, 2.75) is 20.8 Å². The van der Waals surface area contributed by atoms with Crippen LogP contribution in [0.25, 0.3) is 5.69 Å². The molecule has 1 aromatic heterocycles. The van der Waals surface area contributed by atoms with Gasteiger partial charge in [-0.2, -0.15) is 0 Å². The fraction of sp³-hybridized carbons (Fsp3) is 0.150. The van der Waals surface area contributed by atoms with E-state index in [1.54, 1.807) is 0 Å². The zero-order valence-electron chi connectivity index (χ0n) is 13.8. The molecule has 0 unspecified atom stereocenters. The van der Waals surface area contributed by atoms with Gasteiger partial charge in [0.05, 0.1) is 5.69 Å². The molecule has 1 heterocycles. The Morgan fingerprint density at radius 2 is 1.71 bits per heavy atom. The van der Waals surface area contributed by atoms with E-state index in [0.29, 0.717) is 0 Å². The first kappa shape index (κ1) is 17.2. The Balaban J connectivity index is 1.97. The summed E-state index contributed by atoms with van der Waals surface area (Å²) >= 11 is 8.32. The lowest BCUT2D eigenvalue weighted by atomic mass is 10.2. The van der Waals surface area contributed by atoms with Crippen LogP contribution in [0, 0.1) is 24.3 Å². The fourth-order valence-electron chi connectivity index (χ4n) is 2.81. The van der Waals surface area contributed by atoms with Crippen LogP contribution in [0.4, 0.5) is 5.69 Å². The Bertz CT molecular complexity index is 908. The summed E-state index contributed by atoms with van der Waals surface area (Å²) in [6, 6.07) is 16.3. The van der Waals surface area contributed by atoms with E-state index in [-0.39, 0.29) is 0 Å². The molecule has 3 aromatic rings. The highest BCUT2D eigenvalue weighted by Crippen LogP contribution is 2.24. The summed E-state index contributed by atoms with van der Waals surface area (Å²) in [7, 11) is 0. The van der Waals surface area contributed by atoms with Gasteiger partial charge in [-0.05, 0) is 97.5 Å². The lowest BCUT2D eigenvalue weighted by molar-refractivity contribution is 0.965. The number of rotatable bonds is 3. The topological polar surface area (TPSA) is 17.3 Å². The molecule has 0 amide bonds. The van der Waals surface area contributed by atoms with Crippen molar-refractivity contribution in [3.8, 4) is 5.69 Å². The van der Waals surface area contributed by atoms with Crippen LogP contribution >= 0.6 is 34.2 Å². The van der Waals surface area contributed by atoms with E-state index < -0.39 is 0 Å². The standard InChI is InChI=1S/C20H18ClIN2/c1-13-10-18(22)6-9-20(13)23-12-16-11-14(2)24(15(16)3)19-7-4-17(21)5-8-19/h4-12H,1-3H3. The van der Waals surface area contributed by atoms with Gasteiger partial charge in [0.15, 0.2) is 0 Å². The molecule has 0 radical (unpaired) electrons. The number of aliphatic imine (C=N–C) groups is 1. The van der Waals surface area contributed by atoms with E-state index in [4.69, 9.17) is 11.6 Å². The maximum absolute atomic E-state index is 6.00. The van der Waals surface area contributed by atoms with Crippen molar-refractivity contribution in [2.24, 2.45) is 4.99 Å². The maximum Gasteiger partial charge on any atom is 0.0659 e. The number of hydrogen-bond acceptors (Lipinski definition) is 1. The molecular weight excluding hydrogens is 431 g/mol. The predicted molar refractivity (Wildman–Crippen MR) is 111 cm³/mol. The third-order valence-corrected chi connectivity index (χ3v) is 4.98. The second-order valence-electron chi connectivity index (χ2n) is 5.83. The minimum absolute atomic E-state index is 0.747. The van der Waals surface area contributed by atoms with Crippen molar-refractivity contribution in [1.82, 2.24) is 4.57 Å². The molecule has 0 aliphatic rings. The van der Waals surface area contributed by atoms with Crippen LogP contribution in [-0.2, 0) is 0 Å². The smallest absolute Gasteiger partial charge is 0.0659 e. The van der Waals surface area contributed by atoms with E-state index in [1.807, 2.05) is 30.5 Å². The second-order valence-corrected chi connectivity index (χ2v) is 7.51. The van der Waals surface area contributed by atoms with Gasteiger partial charge >= 0.3 is 0 Å². The summed E-state index contributed by atoms with van der Waals surface area (Å²) in [6.45, 7) is 6.31. The van der Waals surface area contributed by atoms with E-state index in [1.165, 1.54) is 20.5 Å². The van der Waals surface area contributed by atoms with Crippen molar-refractivity contribution in [3.63, 3.8) is 0 Å². The monoisotopic (exact) mass is 448 g/mol. The van der Waals surface area contributed by atoms with Crippen LogP contribution in [0.3, 0.4) is 0 Å². The molecule has 0 bridgehead atoms. The van der Waals surface area contributed by atoms with Crippen molar-refractivity contribution in [3.05, 3.63) is 79.6 Å². The van der Waals surface area contributed by atoms with Gasteiger partial charge in [-0.25, -0.2) is 0 Å². The summed E-state index contributed by atoms with van der Waals surface area (Å²) < 4.78 is 3.45. The quantitative estimate of drug-likeness (QED) is 0.325. The lowest BCUT2D eigenvalue weighted by Gasteiger charge is -2.09. The molecule has 2 nitrogen and oxygen atoms in total. The van der Waals surface area contributed by atoms with Gasteiger partial charge in [-0.1, -0.05) is 11.6 Å². The molecule has 0 aliphatic carbocycles. The Morgan fingerprint density at radius 1 is 1.00 bits per heavy atom. The van der Waals surface area contributed by atoms with Gasteiger partial charge in [0, 0.05) is 37.4 Å². The Hall–Kier alpha value is -1.59. The molecule has 0 atom stereocenters. The van der Waals surface area contributed by atoms with Gasteiger partial charge < -0.3 is 4.57 Å². The summed E-state index contributed by atoms with van der Waals surface area (Å²) in [5.74, 6) is 0. The minimum Gasteiger partial charge on any atom is -0.318 e. The average Bonchev–Trinajstić information content (AvgIpc) is 2.82. The van der Waals surface area contributed by atoms with Gasteiger partial charge in [-0.15, -0.1) is 0 Å². The van der Waals surface area contributed by atoms with Gasteiger partial charge in [-0.3, -0.25) is 4.99 Å². The number of nitrogens with zero attached hydrogens (tertiary/aromatic N) is 2. The summed E-state index contributed by atoms with van der Waals surface area (Å²) in [4.78, 5) is 4.68. The molecule has 0 fully saturated rings. The first-order valence-electron chi connectivity index (χ1n) is 7.71. The molecule has 0 N–H and O–H groups in total. The summed E-state index contributed by atoms with van der Waals surface area (Å²) in [5, 5.41) is 0.747. The van der Waals surface area contributed by atoms with Crippen LogP contribution in [0.1, 0.15) is 22.5 Å². The molecular formula is C20H18ClIN2. The normalized spacial score (nSPS) is 11.4. The van der Waals surface area contributed by atoms with Crippen molar-refractivity contribution >= 4 is 46.1 Å². The molecule has 24 heavy (non-hydrogen) atoms. The van der Waals surface area contributed by atoms with Crippen LogP contribution in [0.5, 0.6) is 0 Å². The van der Waals surface area contributed by atoms with Crippen molar-refractivity contribution in [2.75, 3.05) is 0 Å². The van der Waals surface area contributed by atoms with E-state index in [9.17, 15) is 0 Å². The molecule has 0 aliphatic heterocycles. The second kappa shape index (κ2) is 7.11. The first-order chi connectivity index (χ1) is 11.5. The number of aryl methyl sites for hydroxylation is 2.